The van der Waals surface area contributed by atoms with E-state index in [-0.39, 0.29) is 0 Å². The van der Waals surface area contributed by atoms with E-state index in [1.165, 1.54) is 12.1 Å². The Kier molecular flexibility index (Phi) is 7.67. The number of hydrogen-bond acceptors (Lipinski definition) is 3. The Morgan fingerprint density at radius 1 is 0.973 bits per heavy atom. The molecule has 0 saturated carbocycles. The highest BCUT2D eigenvalue weighted by Crippen LogP contribution is 2.32. The molecule has 1 heterocycles. The molecule has 5 nitrogen and oxygen atoms in total. The van der Waals surface area contributed by atoms with Crippen molar-refractivity contribution in [2.24, 2.45) is 0 Å². The highest BCUT2D eigenvalue weighted by Gasteiger charge is 2.30. The molecule has 1 aromatic heterocycles. The molecule has 0 aliphatic rings. The average Bonchev–Trinajstić information content (AvgIpc) is 2.90. The first-order valence-corrected chi connectivity index (χ1v) is 11.6. The van der Waals surface area contributed by atoms with Crippen LogP contribution in [0.5, 0.6) is 0 Å². The van der Waals surface area contributed by atoms with E-state index in [1.54, 1.807) is 53.6 Å². The molecule has 0 bridgehead atoms. The van der Waals surface area contributed by atoms with Crippen LogP contribution in [0.4, 0.5) is 24.5 Å². The van der Waals surface area contributed by atoms with Gasteiger partial charge in [-0.25, -0.2) is 0 Å². The molecule has 0 unspecified atom stereocenters. The number of hydrogen-bond donors (Lipinski definition) is 1. The zero-order chi connectivity index (χ0) is 26.4. The van der Waals surface area contributed by atoms with E-state index in [0.717, 1.165) is 29.8 Å². The molecule has 4 aromatic rings. The Balaban J connectivity index is 1.50. The molecule has 1 N–H and O–H groups in total. The molecule has 37 heavy (non-hydrogen) atoms. The van der Waals surface area contributed by atoms with Crippen molar-refractivity contribution in [3.05, 3.63) is 114 Å². The quantitative estimate of drug-likeness (QED) is 0.278. The predicted molar refractivity (Wildman–Crippen MR) is 137 cm³/mol. The van der Waals surface area contributed by atoms with Crippen LogP contribution in [0.25, 0.3) is 11.1 Å². The monoisotopic (exact) mass is 503 g/mol. The Bertz CT molecular complexity index is 1390. The van der Waals surface area contributed by atoms with Crippen LogP contribution >= 0.6 is 0 Å². The van der Waals surface area contributed by atoms with Crippen molar-refractivity contribution in [3.63, 3.8) is 0 Å². The molecule has 0 radical (unpaired) electrons. The lowest BCUT2D eigenvalue weighted by Gasteiger charge is -2.20. The molecule has 188 valence electrons. The number of nitrogens with zero attached hydrogens (tertiary/aromatic N) is 2. The van der Waals surface area contributed by atoms with Gasteiger partial charge in [0, 0.05) is 41.8 Å². The van der Waals surface area contributed by atoms with Gasteiger partial charge in [0.25, 0.3) is 5.91 Å². The second kappa shape index (κ2) is 11.1. The van der Waals surface area contributed by atoms with Gasteiger partial charge in [-0.2, -0.15) is 13.2 Å². The van der Waals surface area contributed by atoms with Gasteiger partial charge in [0.15, 0.2) is 0 Å². The van der Waals surface area contributed by atoms with E-state index in [9.17, 15) is 22.8 Å². The summed E-state index contributed by atoms with van der Waals surface area (Å²) in [5.74, 6) is -0.398. The summed E-state index contributed by atoms with van der Waals surface area (Å²) in [6.45, 7) is 2.30. The minimum absolute atomic E-state index is 0.328. The zero-order valence-corrected chi connectivity index (χ0v) is 20.0. The van der Waals surface area contributed by atoms with Gasteiger partial charge in [-0.05, 0) is 72.1 Å². The number of halogens is 3. The fourth-order valence-electron chi connectivity index (χ4n) is 4.04. The summed E-state index contributed by atoms with van der Waals surface area (Å²) in [6, 6.07) is 22.3. The maximum Gasteiger partial charge on any atom is 0.416 e. The Morgan fingerprint density at radius 2 is 1.70 bits per heavy atom. The van der Waals surface area contributed by atoms with Gasteiger partial charge in [0.2, 0.25) is 6.41 Å². The number of nitrogens with one attached hydrogen (secondary N) is 1. The summed E-state index contributed by atoms with van der Waals surface area (Å²) < 4.78 is 38.8. The molecule has 2 amide bonds. The van der Waals surface area contributed by atoms with Crippen molar-refractivity contribution < 1.29 is 22.8 Å². The smallest absolute Gasteiger partial charge is 0.322 e. The van der Waals surface area contributed by atoms with Crippen molar-refractivity contribution in [3.8, 4) is 11.1 Å². The minimum Gasteiger partial charge on any atom is -0.322 e. The van der Waals surface area contributed by atoms with Gasteiger partial charge in [-0.15, -0.1) is 0 Å². The number of benzene rings is 3. The minimum atomic E-state index is -4.43. The molecule has 4 rings (SSSR count). The van der Waals surface area contributed by atoms with Crippen LogP contribution in [0, 0.1) is 6.92 Å². The second-order valence-electron chi connectivity index (χ2n) is 8.45. The number of rotatable bonds is 8. The number of alkyl halides is 3. The van der Waals surface area contributed by atoms with Crippen molar-refractivity contribution in [1.82, 2.24) is 4.98 Å². The molecule has 0 fully saturated rings. The number of carbonyl (C=O) groups is 2. The predicted octanol–water partition coefficient (Wildman–Crippen LogP) is 6.53. The van der Waals surface area contributed by atoms with E-state index in [4.69, 9.17) is 0 Å². The third-order valence-corrected chi connectivity index (χ3v) is 5.92. The van der Waals surface area contributed by atoms with E-state index in [2.05, 4.69) is 10.3 Å². The third-order valence-electron chi connectivity index (χ3n) is 5.92. The molecule has 0 aliphatic carbocycles. The Morgan fingerprint density at radius 3 is 2.35 bits per heavy atom. The largest absolute Gasteiger partial charge is 0.416 e. The van der Waals surface area contributed by atoms with Crippen molar-refractivity contribution in [2.75, 3.05) is 16.8 Å². The van der Waals surface area contributed by atoms with Crippen LogP contribution in [0.3, 0.4) is 0 Å². The maximum atomic E-state index is 13.1. The summed E-state index contributed by atoms with van der Waals surface area (Å²) in [7, 11) is 0. The van der Waals surface area contributed by atoms with Gasteiger partial charge in [0.1, 0.15) is 0 Å². The van der Waals surface area contributed by atoms with Crippen molar-refractivity contribution >= 4 is 23.7 Å². The fraction of sp³-hybridized carbons (Fsp3) is 0.138. The maximum absolute atomic E-state index is 13.1. The zero-order valence-electron chi connectivity index (χ0n) is 20.0. The van der Waals surface area contributed by atoms with Crippen LogP contribution < -0.4 is 10.2 Å². The van der Waals surface area contributed by atoms with Crippen LogP contribution in [-0.2, 0) is 17.4 Å². The summed E-state index contributed by atoms with van der Waals surface area (Å²) in [6.07, 6.45) is -1.36. The topological polar surface area (TPSA) is 62.3 Å². The van der Waals surface area contributed by atoms with Crippen molar-refractivity contribution in [1.29, 1.82) is 0 Å². The van der Waals surface area contributed by atoms with E-state index >= 15 is 0 Å². The molecular weight excluding hydrogens is 479 g/mol. The van der Waals surface area contributed by atoms with Gasteiger partial charge >= 0.3 is 6.18 Å². The average molecular weight is 504 g/mol. The lowest BCUT2D eigenvalue weighted by molar-refractivity contribution is -0.137. The first-order chi connectivity index (χ1) is 17.8. The van der Waals surface area contributed by atoms with Crippen LogP contribution in [0.1, 0.15) is 27.2 Å². The molecule has 0 spiro atoms. The lowest BCUT2D eigenvalue weighted by Crippen LogP contribution is -2.25. The second-order valence-corrected chi connectivity index (χ2v) is 8.45. The van der Waals surface area contributed by atoms with Crippen LogP contribution in [-0.4, -0.2) is 23.8 Å². The third kappa shape index (κ3) is 6.22. The molecule has 0 saturated heterocycles. The number of carbonyl (C=O) groups excluding carboxylic acids is 2. The first kappa shape index (κ1) is 25.6. The number of aryl methyl sites for hydroxylation is 1. The summed E-state index contributed by atoms with van der Waals surface area (Å²) in [5.41, 5.74) is 3.51. The van der Waals surface area contributed by atoms with Crippen LogP contribution in [0.15, 0.2) is 91.1 Å². The van der Waals surface area contributed by atoms with Crippen LogP contribution in [0.2, 0.25) is 0 Å². The summed E-state index contributed by atoms with van der Waals surface area (Å²) in [4.78, 5) is 30.7. The highest BCUT2D eigenvalue weighted by atomic mass is 19.4. The standard InChI is InChI=1S/C29H24F3N3O2/c1-20-18-24(13-14-27(20)35(19-36)17-15-23-6-4-5-16-33-23)34-28(37)26-8-3-2-7-25(26)21-9-11-22(12-10-21)29(30,31)32/h2-14,16,18-19H,15,17H2,1H3,(H,34,37). The fourth-order valence-corrected chi connectivity index (χ4v) is 4.04. The van der Waals surface area contributed by atoms with E-state index in [1.807, 2.05) is 25.1 Å². The van der Waals surface area contributed by atoms with Gasteiger partial charge in [-0.3, -0.25) is 14.6 Å². The van der Waals surface area contributed by atoms with E-state index in [0.29, 0.717) is 41.0 Å². The highest BCUT2D eigenvalue weighted by molar-refractivity contribution is 6.08. The summed E-state index contributed by atoms with van der Waals surface area (Å²) >= 11 is 0. The molecule has 0 atom stereocenters. The lowest BCUT2D eigenvalue weighted by atomic mass is 9.98. The molecule has 8 heteroatoms. The first-order valence-electron chi connectivity index (χ1n) is 11.6. The number of anilines is 2. The SMILES string of the molecule is Cc1cc(NC(=O)c2ccccc2-c2ccc(C(F)(F)F)cc2)ccc1N(C=O)CCc1ccccn1. The van der Waals surface area contributed by atoms with Gasteiger partial charge < -0.3 is 10.2 Å². The van der Waals surface area contributed by atoms with E-state index < -0.39 is 17.6 Å². The Labute approximate surface area is 212 Å². The summed E-state index contributed by atoms with van der Waals surface area (Å²) in [5, 5.41) is 2.85. The van der Waals surface area contributed by atoms with Crippen molar-refractivity contribution in [2.45, 2.75) is 19.5 Å². The normalized spacial score (nSPS) is 11.1. The number of pyridine rings is 1. The van der Waals surface area contributed by atoms with Gasteiger partial charge in [0.05, 0.1) is 5.56 Å². The number of amides is 2. The Hall–Kier alpha value is -4.46. The van der Waals surface area contributed by atoms with Gasteiger partial charge in [-0.1, -0.05) is 36.4 Å². The molecular formula is C29H24F3N3O2. The molecule has 0 aliphatic heterocycles. The number of aromatic nitrogens is 1. The molecule has 3 aromatic carbocycles.